The highest BCUT2D eigenvalue weighted by molar-refractivity contribution is 5.78. The molecule has 1 saturated heterocycles. The topological polar surface area (TPSA) is 69.7 Å². The van der Waals surface area contributed by atoms with Crippen LogP contribution in [-0.4, -0.2) is 40.8 Å². The number of aromatic hydroxyl groups is 2. The molecule has 1 fully saturated rings. The number of allylic oxidation sites excluding steroid dienone is 2. The van der Waals surface area contributed by atoms with E-state index < -0.39 is 0 Å². The summed E-state index contributed by atoms with van der Waals surface area (Å²) in [4.78, 5) is 2.46. The minimum Gasteiger partial charge on any atom is -0.507 e. The molecule has 0 unspecified atom stereocenters. The molecule has 0 bridgehead atoms. The van der Waals surface area contributed by atoms with Crippen molar-refractivity contribution in [1.29, 1.82) is 0 Å². The molecular weight excluding hydrogens is 372 g/mol. The maximum atomic E-state index is 11.1. The fourth-order valence-corrected chi connectivity index (χ4v) is 4.20. The van der Waals surface area contributed by atoms with Crippen LogP contribution < -0.4 is 5.73 Å². The average molecular weight is 407 g/mol. The highest BCUT2D eigenvalue weighted by atomic mass is 16.3. The quantitative estimate of drug-likeness (QED) is 0.533. The first-order chi connectivity index (χ1) is 14.5. The Kier molecular flexibility index (Phi) is 7.72. The molecule has 0 aromatic heterocycles. The lowest BCUT2D eigenvalue weighted by Gasteiger charge is -2.30. The molecule has 4 nitrogen and oxygen atoms in total. The molecule has 0 amide bonds. The molecule has 1 aliphatic heterocycles. The molecule has 4 heteroatoms. The number of rotatable bonds is 9. The first kappa shape index (κ1) is 22.1. The van der Waals surface area contributed by atoms with Gasteiger partial charge in [-0.25, -0.2) is 0 Å². The number of benzene rings is 2. The minimum absolute atomic E-state index is 0.171. The number of nitrogens with two attached hydrogens (primary N) is 1. The van der Waals surface area contributed by atoms with Crippen molar-refractivity contribution in [3.63, 3.8) is 0 Å². The zero-order valence-electron chi connectivity index (χ0n) is 17.8. The first-order valence-corrected chi connectivity index (χ1v) is 10.9. The molecule has 0 aliphatic carbocycles. The second-order valence-corrected chi connectivity index (χ2v) is 8.27. The van der Waals surface area contributed by atoms with E-state index in [-0.39, 0.29) is 11.5 Å². The van der Waals surface area contributed by atoms with Gasteiger partial charge in [0, 0.05) is 17.2 Å². The number of phenolic OH excluding ortho intramolecular Hbond substituents is 2. The minimum atomic E-state index is 0.171. The van der Waals surface area contributed by atoms with Gasteiger partial charge in [-0.2, -0.15) is 0 Å². The van der Waals surface area contributed by atoms with Crippen LogP contribution in [0.1, 0.15) is 36.0 Å². The molecule has 0 saturated carbocycles. The maximum absolute atomic E-state index is 11.1. The molecule has 4 N–H and O–H groups in total. The highest BCUT2D eigenvalue weighted by Crippen LogP contribution is 2.39. The van der Waals surface area contributed by atoms with Crippen LogP contribution in [0.15, 0.2) is 55.6 Å². The van der Waals surface area contributed by atoms with Crippen LogP contribution in [0.4, 0.5) is 0 Å². The fraction of sp³-hybridized carbons (Fsp3) is 0.385. The van der Waals surface area contributed by atoms with Gasteiger partial charge in [0.15, 0.2) is 0 Å². The maximum Gasteiger partial charge on any atom is 0.126 e. The molecule has 0 radical (unpaired) electrons. The summed E-state index contributed by atoms with van der Waals surface area (Å²) >= 11 is 0. The van der Waals surface area contributed by atoms with Crippen molar-refractivity contribution in [2.24, 2.45) is 5.73 Å². The fourth-order valence-electron chi connectivity index (χ4n) is 4.20. The van der Waals surface area contributed by atoms with Crippen LogP contribution in [-0.2, 0) is 19.3 Å². The largest absolute Gasteiger partial charge is 0.507 e. The molecule has 3 rings (SSSR count). The van der Waals surface area contributed by atoms with Crippen molar-refractivity contribution < 1.29 is 10.2 Å². The van der Waals surface area contributed by atoms with Gasteiger partial charge in [0.05, 0.1) is 0 Å². The van der Waals surface area contributed by atoms with E-state index in [0.29, 0.717) is 23.6 Å². The Labute approximate surface area is 180 Å². The van der Waals surface area contributed by atoms with Crippen molar-refractivity contribution in [3.05, 3.63) is 72.3 Å². The van der Waals surface area contributed by atoms with Gasteiger partial charge in [-0.1, -0.05) is 24.3 Å². The zero-order valence-corrected chi connectivity index (χ0v) is 17.8. The lowest BCUT2D eigenvalue weighted by Crippen LogP contribution is -2.40. The summed E-state index contributed by atoms with van der Waals surface area (Å²) < 4.78 is 0. The second-order valence-electron chi connectivity index (χ2n) is 8.27. The third kappa shape index (κ3) is 5.53. The number of aryl methyl sites for hydroxylation is 1. The Morgan fingerprint density at radius 2 is 1.63 bits per heavy atom. The molecule has 0 atom stereocenters. The summed E-state index contributed by atoms with van der Waals surface area (Å²) in [6, 6.07) is 9.87. The summed E-state index contributed by atoms with van der Waals surface area (Å²) in [6.45, 7) is 10.8. The number of hydrogen-bond acceptors (Lipinski definition) is 4. The van der Waals surface area contributed by atoms with Crippen LogP contribution in [0.3, 0.4) is 0 Å². The standard InChI is InChI=1S/C26H34N2O2/c1-3-6-19-9-10-25(29)23(17-19)24-18-20(7-4-2)16-21(26(24)30)8-5-13-28-14-11-22(27)12-15-28/h3-4,9-10,16-18,22,29-30H,1-2,5-8,11-15,27H2. The number of piperidine rings is 1. The summed E-state index contributed by atoms with van der Waals surface area (Å²) in [7, 11) is 0. The lowest BCUT2D eigenvalue weighted by atomic mass is 9.93. The van der Waals surface area contributed by atoms with Crippen molar-refractivity contribution >= 4 is 0 Å². The van der Waals surface area contributed by atoms with Gasteiger partial charge in [-0.05, 0) is 93.0 Å². The first-order valence-electron chi connectivity index (χ1n) is 10.9. The van der Waals surface area contributed by atoms with Gasteiger partial charge < -0.3 is 20.8 Å². The Bertz CT molecular complexity index is 883. The Hall–Kier alpha value is -2.56. The number of nitrogens with zero attached hydrogens (tertiary/aromatic N) is 1. The third-order valence-electron chi connectivity index (χ3n) is 5.91. The third-order valence-corrected chi connectivity index (χ3v) is 5.91. The van der Waals surface area contributed by atoms with E-state index in [0.717, 1.165) is 68.4 Å². The van der Waals surface area contributed by atoms with E-state index >= 15 is 0 Å². The molecule has 0 spiro atoms. The van der Waals surface area contributed by atoms with E-state index in [2.05, 4.69) is 24.1 Å². The predicted octanol–water partition coefficient (Wildman–Crippen LogP) is 4.58. The van der Waals surface area contributed by atoms with E-state index in [1.54, 1.807) is 6.07 Å². The van der Waals surface area contributed by atoms with Crippen LogP contribution >= 0.6 is 0 Å². The average Bonchev–Trinajstić information content (AvgIpc) is 2.73. The number of likely N-dealkylation sites (tertiary alicyclic amines) is 1. The van der Waals surface area contributed by atoms with E-state index in [1.165, 1.54) is 0 Å². The molecule has 2 aromatic carbocycles. The van der Waals surface area contributed by atoms with Gasteiger partial charge >= 0.3 is 0 Å². The monoisotopic (exact) mass is 406 g/mol. The normalized spacial score (nSPS) is 15.2. The Balaban J connectivity index is 1.84. The molecule has 2 aromatic rings. The molecule has 1 aliphatic rings. The van der Waals surface area contributed by atoms with Crippen molar-refractivity contribution in [2.45, 2.75) is 44.6 Å². The van der Waals surface area contributed by atoms with Crippen molar-refractivity contribution in [2.75, 3.05) is 19.6 Å². The van der Waals surface area contributed by atoms with Crippen LogP contribution in [0.25, 0.3) is 11.1 Å². The SMILES string of the molecule is C=CCc1ccc(O)c(-c2cc(CC=C)cc(CCCN3CCC(N)CC3)c2O)c1. The molecule has 1 heterocycles. The van der Waals surface area contributed by atoms with Crippen molar-refractivity contribution in [3.8, 4) is 22.6 Å². The summed E-state index contributed by atoms with van der Waals surface area (Å²) in [5, 5.41) is 21.6. The molecule has 160 valence electrons. The van der Waals surface area contributed by atoms with E-state index in [1.807, 2.05) is 30.4 Å². The summed E-state index contributed by atoms with van der Waals surface area (Å²) in [6.07, 6.45) is 9.02. The van der Waals surface area contributed by atoms with Gasteiger partial charge in [0.2, 0.25) is 0 Å². The molecule has 30 heavy (non-hydrogen) atoms. The van der Waals surface area contributed by atoms with Crippen LogP contribution in [0, 0.1) is 0 Å². The van der Waals surface area contributed by atoms with Crippen molar-refractivity contribution in [1.82, 2.24) is 4.90 Å². The lowest BCUT2D eigenvalue weighted by molar-refractivity contribution is 0.211. The predicted molar refractivity (Wildman–Crippen MR) is 125 cm³/mol. The second kappa shape index (κ2) is 10.5. The summed E-state index contributed by atoms with van der Waals surface area (Å²) in [5.41, 5.74) is 10.4. The number of hydrogen-bond donors (Lipinski definition) is 3. The molecular formula is C26H34N2O2. The Morgan fingerprint density at radius 1 is 0.967 bits per heavy atom. The van der Waals surface area contributed by atoms with Gasteiger partial charge in [-0.15, -0.1) is 13.2 Å². The van der Waals surface area contributed by atoms with Gasteiger partial charge in [0.25, 0.3) is 0 Å². The van der Waals surface area contributed by atoms with E-state index in [9.17, 15) is 10.2 Å². The smallest absolute Gasteiger partial charge is 0.126 e. The summed E-state index contributed by atoms with van der Waals surface area (Å²) in [5.74, 6) is 0.430. The number of phenols is 2. The van der Waals surface area contributed by atoms with Gasteiger partial charge in [-0.3, -0.25) is 0 Å². The van der Waals surface area contributed by atoms with E-state index in [4.69, 9.17) is 5.73 Å². The van der Waals surface area contributed by atoms with Crippen LogP contribution in [0.5, 0.6) is 11.5 Å². The zero-order chi connectivity index (χ0) is 21.5. The highest BCUT2D eigenvalue weighted by Gasteiger charge is 2.17. The van der Waals surface area contributed by atoms with Crippen LogP contribution in [0.2, 0.25) is 0 Å². The Morgan fingerprint density at radius 3 is 2.33 bits per heavy atom. The van der Waals surface area contributed by atoms with Gasteiger partial charge in [0.1, 0.15) is 11.5 Å².